The highest BCUT2D eigenvalue weighted by molar-refractivity contribution is 5.72. The molecule has 0 aromatic heterocycles. The van der Waals surface area contributed by atoms with Gasteiger partial charge < -0.3 is 4.74 Å². The molecular weight excluding hydrogens is 248 g/mol. The smallest absolute Gasteiger partial charge is 0.306 e. The molecule has 20 heavy (non-hydrogen) atoms. The fourth-order valence-electron chi connectivity index (χ4n) is 3.30. The molecule has 2 heteroatoms. The SMILES string of the molecule is CCCCCCCC1(CCCCCCC)COC(=O)C1. The van der Waals surface area contributed by atoms with Crippen molar-refractivity contribution < 1.29 is 9.53 Å². The Labute approximate surface area is 125 Å². The summed E-state index contributed by atoms with van der Waals surface area (Å²) in [4.78, 5) is 11.5. The van der Waals surface area contributed by atoms with Gasteiger partial charge in [0.2, 0.25) is 0 Å². The number of esters is 1. The van der Waals surface area contributed by atoms with E-state index in [0.29, 0.717) is 13.0 Å². The lowest BCUT2D eigenvalue weighted by atomic mass is 9.77. The average Bonchev–Trinajstić information content (AvgIpc) is 2.80. The van der Waals surface area contributed by atoms with Gasteiger partial charge in [0.15, 0.2) is 0 Å². The second-order valence-electron chi connectivity index (χ2n) is 6.67. The van der Waals surface area contributed by atoms with Gasteiger partial charge in [-0.3, -0.25) is 4.79 Å². The van der Waals surface area contributed by atoms with Crippen molar-refractivity contribution in [2.75, 3.05) is 6.61 Å². The molecule has 0 aromatic rings. The molecule has 1 aliphatic rings. The lowest BCUT2D eigenvalue weighted by Crippen LogP contribution is -2.21. The van der Waals surface area contributed by atoms with Crippen LogP contribution in [0.2, 0.25) is 0 Å². The number of rotatable bonds is 12. The van der Waals surface area contributed by atoms with Gasteiger partial charge in [-0.25, -0.2) is 0 Å². The highest BCUT2D eigenvalue weighted by Gasteiger charge is 2.39. The van der Waals surface area contributed by atoms with Crippen LogP contribution >= 0.6 is 0 Å². The Morgan fingerprint density at radius 2 is 1.35 bits per heavy atom. The van der Waals surface area contributed by atoms with E-state index >= 15 is 0 Å². The van der Waals surface area contributed by atoms with Crippen molar-refractivity contribution in [2.24, 2.45) is 5.41 Å². The molecule has 2 nitrogen and oxygen atoms in total. The van der Waals surface area contributed by atoms with Gasteiger partial charge in [0.1, 0.15) is 0 Å². The quantitative estimate of drug-likeness (QED) is 0.342. The van der Waals surface area contributed by atoms with E-state index < -0.39 is 0 Å². The highest BCUT2D eigenvalue weighted by Crippen LogP contribution is 2.40. The Bertz CT molecular complexity index is 246. The number of ether oxygens (including phenoxy) is 1. The van der Waals surface area contributed by atoms with Crippen molar-refractivity contribution in [3.8, 4) is 0 Å². The maximum atomic E-state index is 11.5. The van der Waals surface area contributed by atoms with E-state index in [1.807, 2.05) is 0 Å². The summed E-state index contributed by atoms with van der Waals surface area (Å²) in [5.74, 6) is 0.0344. The first-order chi connectivity index (χ1) is 9.72. The first-order valence-electron chi connectivity index (χ1n) is 8.88. The molecule has 0 atom stereocenters. The molecule has 1 fully saturated rings. The molecule has 1 heterocycles. The predicted molar refractivity (Wildman–Crippen MR) is 84.8 cm³/mol. The van der Waals surface area contributed by atoms with Crippen LogP contribution in [0.3, 0.4) is 0 Å². The standard InChI is InChI=1S/C18H34O2/c1-3-5-7-9-11-13-18(15-17(19)20-16-18)14-12-10-8-6-4-2/h3-16H2,1-2H3. The van der Waals surface area contributed by atoms with Gasteiger partial charge in [0.25, 0.3) is 0 Å². The minimum Gasteiger partial charge on any atom is -0.465 e. The summed E-state index contributed by atoms with van der Waals surface area (Å²) in [6, 6.07) is 0. The van der Waals surface area contributed by atoms with E-state index in [9.17, 15) is 4.79 Å². The van der Waals surface area contributed by atoms with Gasteiger partial charge in [-0.15, -0.1) is 0 Å². The van der Waals surface area contributed by atoms with Crippen LogP contribution in [0, 0.1) is 5.41 Å². The molecule has 118 valence electrons. The highest BCUT2D eigenvalue weighted by atomic mass is 16.5. The van der Waals surface area contributed by atoms with E-state index in [2.05, 4.69) is 13.8 Å². The van der Waals surface area contributed by atoms with E-state index in [0.717, 1.165) is 0 Å². The number of hydrogen-bond donors (Lipinski definition) is 0. The van der Waals surface area contributed by atoms with Crippen LogP contribution in [-0.4, -0.2) is 12.6 Å². The van der Waals surface area contributed by atoms with Gasteiger partial charge in [0, 0.05) is 5.41 Å². The van der Waals surface area contributed by atoms with Crippen molar-refractivity contribution in [1.29, 1.82) is 0 Å². The van der Waals surface area contributed by atoms with Crippen molar-refractivity contribution in [3.63, 3.8) is 0 Å². The Morgan fingerprint density at radius 1 is 0.850 bits per heavy atom. The van der Waals surface area contributed by atoms with Crippen LogP contribution in [0.25, 0.3) is 0 Å². The zero-order valence-electron chi connectivity index (χ0n) is 13.7. The fraction of sp³-hybridized carbons (Fsp3) is 0.944. The third kappa shape index (κ3) is 6.76. The molecule has 1 aliphatic heterocycles. The fourth-order valence-corrected chi connectivity index (χ4v) is 3.30. The van der Waals surface area contributed by atoms with Crippen LogP contribution in [-0.2, 0) is 9.53 Å². The Hall–Kier alpha value is -0.530. The van der Waals surface area contributed by atoms with E-state index in [1.165, 1.54) is 77.0 Å². The zero-order chi connectivity index (χ0) is 14.7. The zero-order valence-corrected chi connectivity index (χ0v) is 13.7. The maximum absolute atomic E-state index is 11.5. The lowest BCUT2D eigenvalue weighted by Gasteiger charge is -2.26. The summed E-state index contributed by atoms with van der Waals surface area (Å²) in [6.07, 6.45) is 16.2. The predicted octanol–water partition coefficient (Wildman–Crippen LogP) is 5.64. The first kappa shape index (κ1) is 17.5. The molecule has 1 rings (SSSR count). The molecule has 0 spiro atoms. The Balaban J connectivity index is 2.25. The molecule has 0 bridgehead atoms. The van der Waals surface area contributed by atoms with Gasteiger partial charge in [-0.2, -0.15) is 0 Å². The van der Waals surface area contributed by atoms with Crippen molar-refractivity contribution >= 4 is 5.97 Å². The molecule has 0 radical (unpaired) electrons. The topological polar surface area (TPSA) is 26.3 Å². The molecule has 0 saturated carbocycles. The first-order valence-corrected chi connectivity index (χ1v) is 8.88. The number of unbranched alkanes of at least 4 members (excludes halogenated alkanes) is 8. The second-order valence-corrected chi connectivity index (χ2v) is 6.67. The minimum atomic E-state index is 0.0344. The Kier molecular flexibility index (Phi) is 8.97. The van der Waals surface area contributed by atoms with Crippen LogP contribution in [0.4, 0.5) is 0 Å². The summed E-state index contributed by atoms with van der Waals surface area (Å²) >= 11 is 0. The lowest BCUT2D eigenvalue weighted by molar-refractivity contribution is -0.137. The maximum Gasteiger partial charge on any atom is 0.306 e. The van der Waals surface area contributed by atoms with Crippen molar-refractivity contribution in [1.82, 2.24) is 0 Å². The summed E-state index contributed by atoms with van der Waals surface area (Å²) in [6.45, 7) is 5.19. The van der Waals surface area contributed by atoms with Crippen LogP contribution < -0.4 is 0 Å². The van der Waals surface area contributed by atoms with E-state index in [4.69, 9.17) is 4.74 Å². The molecule has 0 aliphatic carbocycles. The molecule has 0 unspecified atom stereocenters. The largest absolute Gasteiger partial charge is 0.465 e. The number of carbonyl (C=O) groups is 1. The molecule has 1 saturated heterocycles. The summed E-state index contributed by atoms with van der Waals surface area (Å²) in [5.41, 5.74) is 0.190. The minimum absolute atomic E-state index is 0.0344. The summed E-state index contributed by atoms with van der Waals surface area (Å²) < 4.78 is 5.29. The number of cyclic esters (lactones) is 1. The summed E-state index contributed by atoms with van der Waals surface area (Å²) in [7, 11) is 0. The van der Waals surface area contributed by atoms with E-state index in [-0.39, 0.29) is 11.4 Å². The Morgan fingerprint density at radius 3 is 1.75 bits per heavy atom. The monoisotopic (exact) mass is 282 g/mol. The van der Waals surface area contributed by atoms with Crippen molar-refractivity contribution in [3.05, 3.63) is 0 Å². The van der Waals surface area contributed by atoms with Gasteiger partial charge >= 0.3 is 5.97 Å². The molecule has 0 amide bonds. The van der Waals surface area contributed by atoms with Crippen LogP contribution in [0.5, 0.6) is 0 Å². The van der Waals surface area contributed by atoms with Crippen molar-refractivity contribution in [2.45, 2.75) is 97.3 Å². The third-order valence-electron chi connectivity index (χ3n) is 4.68. The van der Waals surface area contributed by atoms with Crippen LogP contribution in [0.1, 0.15) is 97.3 Å². The van der Waals surface area contributed by atoms with Gasteiger partial charge in [-0.1, -0.05) is 78.1 Å². The number of hydrogen-bond acceptors (Lipinski definition) is 2. The second kappa shape index (κ2) is 10.2. The number of carbonyl (C=O) groups excluding carboxylic acids is 1. The third-order valence-corrected chi connectivity index (χ3v) is 4.68. The summed E-state index contributed by atoms with van der Waals surface area (Å²) in [5, 5.41) is 0. The normalized spacial score (nSPS) is 17.4. The van der Waals surface area contributed by atoms with Crippen LogP contribution in [0.15, 0.2) is 0 Å². The molecule has 0 aromatic carbocycles. The van der Waals surface area contributed by atoms with E-state index in [1.54, 1.807) is 0 Å². The molecule has 0 N–H and O–H groups in total. The average molecular weight is 282 g/mol. The van der Waals surface area contributed by atoms with Gasteiger partial charge in [-0.05, 0) is 12.8 Å². The molecular formula is C18H34O2. The van der Waals surface area contributed by atoms with Gasteiger partial charge in [0.05, 0.1) is 13.0 Å².